The van der Waals surface area contributed by atoms with Crippen molar-refractivity contribution in [2.45, 2.75) is 58.5 Å². The summed E-state index contributed by atoms with van der Waals surface area (Å²) in [5, 5.41) is 0. The van der Waals surface area contributed by atoms with Gasteiger partial charge in [0.2, 0.25) is 0 Å². The van der Waals surface area contributed by atoms with Crippen LogP contribution < -0.4 is 0 Å². The van der Waals surface area contributed by atoms with Gasteiger partial charge in [-0.05, 0) is 53.1 Å². The highest BCUT2D eigenvalue weighted by molar-refractivity contribution is 5.85. The zero-order valence-corrected chi connectivity index (χ0v) is 12.2. The van der Waals surface area contributed by atoms with Crippen LogP contribution in [0.4, 0.5) is 0 Å². The molecule has 0 amide bonds. The van der Waals surface area contributed by atoms with E-state index in [-0.39, 0.29) is 5.92 Å². The van der Waals surface area contributed by atoms with Crippen LogP contribution in [-0.2, 0) is 4.79 Å². The maximum atomic E-state index is 12.0. The molecule has 2 rings (SSSR count). The van der Waals surface area contributed by atoms with Crippen molar-refractivity contribution in [3.63, 3.8) is 0 Å². The smallest absolute Gasteiger partial charge is 0.151 e. The van der Waals surface area contributed by atoms with Crippen molar-refractivity contribution < 1.29 is 4.79 Å². The Morgan fingerprint density at radius 1 is 1.11 bits per heavy atom. The molecule has 2 aliphatic heterocycles. The number of carbonyl (C=O) groups is 1. The first kappa shape index (κ1) is 14.0. The summed E-state index contributed by atoms with van der Waals surface area (Å²) >= 11 is 0. The number of carbonyl (C=O) groups excluding carboxylic acids is 1. The fourth-order valence-electron chi connectivity index (χ4n) is 3.30. The summed E-state index contributed by atoms with van der Waals surface area (Å²) in [5.41, 5.74) is 0. The average Bonchev–Trinajstić information content (AvgIpc) is 2.72. The van der Waals surface area contributed by atoms with Crippen LogP contribution in [0, 0.1) is 5.92 Å². The Hall–Kier alpha value is -0.410. The second-order valence-corrected chi connectivity index (χ2v) is 6.37. The van der Waals surface area contributed by atoms with Crippen LogP contribution in [-0.4, -0.2) is 53.8 Å². The molecule has 0 saturated carbocycles. The van der Waals surface area contributed by atoms with Crippen molar-refractivity contribution in [3.8, 4) is 0 Å². The number of Topliss-reactive ketones (excluding diaryl/α,β-unsaturated/α-hetero) is 1. The van der Waals surface area contributed by atoms with Crippen molar-refractivity contribution in [2.75, 3.05) is 26.2 Å². The Morgan fingerprint density at radius 3 is 2.33 bits per heavy atom. The van der Waals surface area contributed by atoms with E-state index in [1.807, 2.05) is 0 Å². The van der Waals surface area contributed by atoms with E-state index >= 15 is 0 Å². The van der Waals surface area contributed by atoms with E-state index in [2.05, 4.69) is 30.6 Å². The van der Waals surface area contributed by atoms with Crippen molar-refractivity contribution in [1.29, 1.82) is 0 Å². The first-order valence-electron chi connectivity index (χ1n) is 7.58. The van der Waals surface area contributed by atoms with E-state index in [4.69, 9.17) is 0 Å². The summed E-state index contributed by atoms with van der Waals surface area (Å²) in [7, 11) is 0. The van der Waals surface area contributed by atoms with Gasteiger partial charge in [-0.15, -0.1) is 0 Å². The normalized spacial score (nSPS) is 29.1. The Balaban J connectivity index is 1.83. The number of likely N-dealkylation sites (tertiary alicyclic amines) is 2. The second kappa shape index (κ2) is 6.16. The van der Waals surface area contributed by atoms with Crippen LogP contribution >= 0.6 is 0 Å². The van der Waals surface area contributed by atoms with Gasteiger partial charge in [0.15, 0.2) is 5.78 Å². The molecule has 3 heteroatoms. The van der Waals surface area contributed by atoms with E-state index < -0.39 is 0 Å². The van der Waals surface area contributed by atoms with E-state index in [1.54, 1.807) is 0 Å². The highest BCUT2D eigenvalue weighted by atomic mass is 16.1. The number of hydrogen-bond acceptors (Lipinski definition) is 3. The highest BCUT2D eigenvalue weighted by Crippen LogP contribution is 2.23. The average molecular weight is 252 g/mol. The lowest BCUT2D eigenvalue weighted by molar-refractivity contribution is -0.120. The Bertz CT molecular complexity index is 284. The predicted molar refractivity (Wildman–Crippen MR) is 74.7 cm³/mol. The Kier molecular flexibility index (Phi) is 4.79. The minimum absolute atomic E-state index is 0.282. The standard InChI is InChI=1S/C15H28N2O/c1-12(2)17-10-14(15(18)11-17)9-13(3)16-7-5-4-6-8-16/h12-14H,4-11H2,1-3H3. The molecule has 0 aromatic carbocycles. The fourth-order valence-corrected chi connectivity index (χ4v) is 3.30. The topological polar surface area (TPSA) is 23.6 Å². The molecule has 18 heavy (non-hydrogen) atoms. The summed E-state index contributed by atoms with van der Waals surface area (Å²) in [6.07, 6.45) is 5.11. The summed E-state index contributed by atoms with van der Waals surface area (Å²) in [6.45, 7) is 10.8. The van der Waals surface area contributed by atoms with Crippen molar-refractivity contribution in [2.24, 2.45) is 5.92 Å². The van der Waals surface area contributed by atoms with Crippen LogP contribution in [0.1, 0.15) is 46.5 Å². The lowest BCUT2D eigenvalue weighted by atomic mass is 9.96. The molecule has 2 saturated heterocycles. The number of piperidine rings is 1. The molecule has 0 bridgehead atoms. The SMILES string of the molecule is CC(C)N1CC(=O)C(CC(C)N2CCCCC2)C1. The summed E-state index contributed by atoms with van der Waals surface area (Å²) < 4.78 is 0. The molecule has 0 N–H and O–H groups in total. The Morgan fingerprint density at radius 2 is 1.78 bits per heavy atom. The van der Waals surface area contributed by atoms with Gasteiger partial charge in [-0.3, -0.25) is 9.69 Å². The number of nitrogens with zero attached hydrogens (tertiary/aromatic N) is 2. The van der Waals surface area contributed by atoms with Crippen LogP contribution in [0.3, 0.4) is 0 Å². The molecule has 0 radical (unpaired) electrons. The zero-order chi connectivity index (χ0) is 13.1. The summed E-state index contributed by atoms with van der Waals surface area (Å²) in [5.74, 6) is 0.747. The molecule has 2 unspecified atom stereocenters. The zero-order valence-electron chi connectivity index (χ0n) is 12.2. The van der Waals surface area contributed by atoms with Gasteiger partial charge in [-0.25, -0.2) is 0 Å². The fraction of sp³-hybridized carbons (Fsp3) is 0.933. The quantitative estimate of drug-likeness (QED) is 0.766. The molecular formula is C15H28N2O. The molecule has 3 nitrogen and oxygen atoms in total. The van der Waals surface area contributed by atoms with Crippen LogP contribution in [0.25, 0.3) is 0 Å². The molecular weight excluding hydrogens is 224 g/mol. The summed E-state index contributed by atoms with van der Waals surface area (Å²) in [4.78, 5) is 16.9. The van der Waals surface area contributed by atoms with Crippen molar-refractivity contribution in [1.82, 2.24) is 9.80 Å². The number of ketones is 1. The minimum atomic E-state index is 0.282. The third-order valence-electron chi connectivity index (χ3n) is 4.64. The van der Waals surface area contributed by atoms with Gasteiger partial charge >= 0.3 is 0 Å². The van der Waals surface area contributed by atoms with Crippen LogP contribution in [0.15, 0.2) is 0 Å². The predicted octanol–water partition coefficient (Wildman–Crippen LogP) is 2.16. The lowest BCUT2D eigenvalue weighted by Gasteiger charge is -2.33. The first-order chi connectivity index (χ1) is 8.58. The van der Waals surface area contributed by atoms with E-state index in [1.165, 1.54) is 32.4 Å². The van der Waals surface area contributed by atoms with Crippen LogP contribution in [0.2, 0.25) is 0 Å². The number of rotatable bonds is 4. The molecule has 2 atom stereocenters. The Labute approximate surface area is 112 Å². The van der Waals surface area contributed by atoms with Crippen molar-refractivity contribution in [3.05, 3.63) is 0 Å². The van der Waals surface area contributed by atoms with Crippen LogP contribution in [0.5, 0.6) is 0 Å². The molecule has 2 fully saturated rings. The van der Waals surface area contributed by atoms with Gasteiger partial charge in [0.05, 0.1) is 6.54 Å². The molecule has 0 spiro atoms. The van der Waals surface area contributed by atoms with Gasteiger partial charge in [-0.1, -0.05) is 6.42 Å². The highest BCUT2D eigenvalue weighted by Gasteiger charge is 2.33. The largest absolute Gasteiger partial charge is 0.301 e. The molecule has 0 aliphatic carbocycles. The van der Waals surface area contributed by atoms with Gasteiger partial charge in [0.1, 0.15) is 0 Å². The van der Waals surface area contributed by atoms with E-state index in [9.17, 15) is 4.79 Å². The first-order valence-corrected chi connectivity index (χ1v) is 7.58. The third-order valence-corrected chi connectivity index (χ3v) is 4.64. The molecule has 2 heterocycles. The van der Waals surface area contributed by atoms with Gasteiger partial charge < -0.3 is 4.90 Å². The summed E-state index contributed by atoms with van der Waals surface area (Å²) in [6, 6.07) is 1.08. The van der Waals surface area contributed by atoms with Gasteiger partial charge in [0.25, 0.3) is 0 Å². The van der Waals surface area contributed by atoms with E-state index in [0.29, 0.717) is 24.4 Å². The maximum Gasteiger partial charge on any atom is 0.151 e. The van der Waals surface area contributed by atoms with Gasteiger partial charge in [0, 0.05) is 24.5 Å². The molecule has 2 aliphatic rings. The molecule has 0 aromatic heterocycles. The van der Waals surface area contributed by atoms with Gasteiger partial charge in [-0.2, -0.15) is 0 Å². The molecule has 0 aromatic rings. The second-order valence-electron chi connectivity index (χ2n) is 6.37. The minimum Gasteiger partial charge on any atom is -0.301 e. The molecule has 104 valence electrons. The third kappa shape index (κ3) is 3.33. The monoisotopic (exact) mass is 252 g/mol. The maximum absolute atomic E-state index is 12.0. The van der Waals surface area contributed by atoms with E-state index in [0.717, 1.165) is 13.0 Å². The lowest BCUT2D eigenvalue weighted by Crippen LogP contribution is -2.39. The van der Waals surface area contributed by atoms with Crippen molar-refractivity contribution >= 4 is 5.78 Å². The number of hydrogen-bond donors (Lipinski definition) is 0.